The number of carboxylic acids is 1. The van der Waals surface area contributed by atoms with Gasteiger partial charge in [-0.25, -0.2) is 0 Å². The van der Waals surface area contributed by atoms with E-state index >= 15 is 0 Å². The molecular weight excluding hydrogens is 242 g/mol. The molecule has 1 rings (SSSR count). The van der Waals surface area contributed by atoms with Crippen LogP contribution in [0.1, 0.15) is 46.5 Å². The number of carbonyl (C=O) groups is 1. The molecule has 0 spiro atoms. The normalized spacial score (nSPS) is 28.0. The highest BCUT2D eigenvalue weighted by molar-refractivity contribution is 5.75. The molecule has 19 heavy (non-hydrogen) atoms. The molecule has 1 saturated carbocycles. The Balaban J connectivity index is 2.51. The van der Waals surface area contributed by atoms with Crippen LogP contribution in [0.3, 0.4) is 0 Å². The summed E-state index contributed by atoms with van der Waals surface area (Å²) in [6, 6.07) is 0. The van der Waals surface area contributed by atoms with Gasteiger partial charge in [0.2, 0.25) is 0 Å². The first kappa shape index (κ1) is 16.4. The lowest BCUT2D eigenvalue weighted by molar-refractivity contribution is -0.153. The van der Waals surface area contributed by atoms with Crippen molar-refractivity contribution in [2.75, 3.05) is 26.7 Å². The van der Waals surface area contributed by atoms with Crippen molar-refractivity contribution >= 4 is 5.97 Å². The van der Waals surface area contributed by atoms with Crippen molar-refractivity contribution in [1.29, 1.82) is 0 Å². The van der Waals surface area contributed by atoms with Crippen LogP contribution in [0, 0.1) is 11.3 Å². The first-order valence-corrected chi connectivity index (χ1v) is 7.39. The average molecular weight is 271 g/mol. The van der Waals surface area contributed by atoms with Crippen LogP contribution in [0.15, 0.2) is 0 Å². The van der Waals surface area contributed by atoms with Crippen molar-refractivity contribution in [2.45, 2.75) is 52.6 Å². The number of carboxylic acid groups (broad SMARTS) is 1. The molecule has 1 N–H and O–H groups in total. The molecule has 0 radical (unpaired) electrons. The third kappa shape index (κ3) is 5.11. The van der Waals surface area contributed by atoms with Crippen molar-refractivity contribution < 1.29 is 14.6 Å². The van der Waals surface area contributed by atoms with E-state index in [0.717, 1.165) is 32.2 Å². The summed E-state index contributed by atoms with van der Waals surface area (Å²) in [6.45, 7) is 8.29. The number of aliphatic carboxylic acids is 1. The number of hydrogen-bond acceptors (Lipinski definition) is 3. The van der Waals surface area contributed by atoms with Crippen molar-refractivity contribution in [3.8, 4) is 0 Å². The molecule has 4 nitrogen and oxygen atoms in total. The lowest BCUT2D eigenvalue weighted by atomic mass is 9.70. The van der Waals surface area contributed by atoms with Gasteiger partial charge in [0.1, 0.15) is 0 Å². The Hall–Kier alpha value is -0.610. The van der Waals surface area contributed by atoms with E-state index in [1.165, 1.54) is 0 Å². The third-order valence-corrected chi connectivity index (χ3v) is 4.04. The highest BCUT2D eigenvalue weighted by Gasteiger charge is 2.42. The maximum Gasteiger partial charge on any atom is 0.310 e. The summed E-state index contributed by atoms with van der Waals surface area (Å²) >= 11 is 0. The average Bonchev–Trinajstić information content (AvgIpc) is 2.27. The van der Waals surface area contributed by atoms with Crippen molar-refractivity contribution in [3.05, 3.63) is 0 Å². The van der Waals surface area contributed by atoms with E-state index in [2.05, 4.69) is 11.8 Å². The van der Waals surface area contributed by atoms with Crippen LogP contribution in [0.2, 0.25) is 0 Å². The topological polar surface area (TPSA) is 49.8 Å². The molecule has 2 unspecified atom stereocenters. The molecule has 4 heteroatoms. The summed E-state index contributed by atoms with van der Waals surface area (Å²) in [5, 5.41) is 9.61. The fourth-order valence-electron chi connectivity index (χ4n) is 3.11. The lowest BCUT2D eigenvalue weighted by Gasteiger charge is -2.39. The first-order valence-electron chi connectivity index (χ1n) is 7.39. The fraction of sp³-hybridized carbons (Fsp3) is 0.933. The number of nitrogens with zero attached hydrogens (tertiary/aromatic N) is 1. The maximum atomic E-state index is 11.7. The minimum atomic E-state index is -0.629. The summed E-state index contributed by atoms with van der Waals surface area (Å²) in [5.41, 5.74) is -0.551. The Labute approximate surface area is 117 Å². The largest absolute Gasteiger partial charge is 0.481 e. The van der Waals surface area contributed by atoms with Gasteiger partial charge in [-0.1, -0.05) is 19.8 Å². The monoisotopic (exact) mass is 271 g/mol. The third-order valence-electron chi connectivity index (χ3n) is 4.04. The molecule has 0 aromatic carbocycles. The van der Waals surface area contributed by atoms with E-state index in [4.69, 9.17) is 4.74 Å². The van der Waals surface area contributed by atoms with Gasteiger partial charge in [0, 0.05) is 13.1 Å². The smallest absolute Gasteiger partial charge is 0.310 e. The van der Waals surface area contributed by atoms with Crippen LogP contribution in [-0.2, 0) is 9.53 Å². The maximum absolute atomic E-state index is 11.7. The summed E-state index contributed by atoms with van der Waals surface area (Å²) < 4.78 is 5.53. The molecule has 2 atom stereocenters. The minimum absolute atomic E-state index is 0.233. The molecular formula is C15H29NO3. The standard InChI is InChI=1S/C15H29NO3/c1-12(2)19-9-8-16(4)11-15(14(17)18)7-5-6-13(3)10-15/h12-13H,5-11H2,1-4H3,(H,17,18). The molecule has 1 aliphatic carbocycles. The zero-order chi connectivity index (χ0) is 14.5. The molecule has 0 amide bonds. The van der Waals surface area contributed by atoms with Crippen LogP contribution in [0.25, 0.3) is 0 Å². The quantitative estimate of drug-likeness (QED) is 0.773. The number of ether oxygens (including phenoxy) is 1. The highest BCUT2D eigenvalue weighted by atomic mass is 16.5. The lowest BCUT2D eigenvalue weighted by Crippen LogP contribution is -2.45. The van der Waals surface area contributed by atoms with Gasteiger partial charge in [-0.15, -0.1) is 0 Å². The van der Waals surface area contributed by atoms with Gasteiger partial charge in [-0.05, 0) is 39.7 Å². The minimum Gasteiger partial charge on any atom is -0.481 e. The Bertz CT molecular complexity index is 293. The fourth-order valence-corrected chi connectivity index (χ4v) is 3.11. The Morgan fingerprint density at radius 1 is 1.53 bits per heavy atom. The van der Waals surface area contributed by atoms with Crippen LogP contribution < -0.4 is 0 Å². The second-order valence-electron chi connectivity index (χ2n) is 6.44. The molecule has 0 aromatic heterocycles. The van der Waals surface area contributed by atoms with Gasteiger partial charge in [0.05, 0.1) is 18.1 Å². The molecule has 0 aliphatic heterocycles. The summed E-state index contributed by atoms with van der Waals surface area (Å²) in [4.78, 5) is 13.8. The van der Waals surface area contributed by atoms with Crippen LogP contribution in [0.4, 0.5) is 0 Å². The van der Waals surface area contributed by atoms with E-state index in [0.29, 0.717) is 19.1 Å². The predicted octanol–water partition coefficient (Wildman–Crippen LogP) is 2.62. The van der Waals surface area contributed by atoms with Crippen molar-refractivity contribution in [2.24, 2.45) is 11.3 Å². The van der Waals surface area contributed by atoms with Gasteiger partial charge in [-0.3, -0.25) is 4.79 Å². The molecule has 0 saturated heterocycles. The molecule has 1 fully saturated rings. The van der Waals surface area contributed by atoms with Crippen molar-refractivity contribution in [3.63, 3.8) is 0 Å². The number of hydrogen-bond donors (Lipinski definition) is 1. The van der Waals surface area contributed by atoms with E-state index in [1.54, 1.807) is 0 Å². The zero-order valence-electron chi connectivity index (χ0n) is 12.8. The zero-order valence-corrected chi connectivity index (χ0v) is 12.8. The molecule has 0 aromatic rings. The SMILES string of the molecule is CC1CCCC(CN(C)CCOC(C)C)(C(=O)O)C1. The van der Waals surface area contributed by atoms with E-state index < -0.39 is 11.4 Å². The second kappa shape index (κ2) is 7.25. The predicted molar refractivity (Wildman–Crippen MR) is 76.3 cm³/mol. The van der Waals surface area contributed by atoms with Gasteiger partial charge in [0.15, 0.2) is 0 Å². The summed E-state index contributed by atoms with van der Waals surface area (Å²) in [6.07, 6.45) is 4.04. The first-order chi connectivity index (χ1) is 8.85. The molecule has 112 valence electrons. The number of likely N-dealkylation sites (N-methyl/N-ethyl adjacent to an activating group) is 1. The van der Waals surface area contributed by atoms with E-state index in [9.17, 15) is 9.90 Å². The van der Waals surface area contributed by atoms with Crippen LogP contribution in [-0.4, -0.2) is 48.8 Å². The number of rotatable bonds is 7. The molecule has 1 aliphatic rings. The summed E-state index contributed by atoms with van der Waals surface area (Å²) in [7, 11) is 1.99. The molecule has 0 heterocycles. The van der Waals surface area contributed by atoms with Gasteiger partial charge in [0.25, 0.3) is 0 Å². The Morgan fingerprint density at radius 3 is 2.74 bits per heavy atom. The Kier molecular flexibility index (Phi) is 6.27. The van der Waals surface area contributed by atoms with Gasteiger partial charge < -0.3 is 14.7 Å². The highest BCUT2D eigenvalue weighted by Crippen LogP contribution is 2.40. The molecule has 0 bridgehead atoms. The summed E-state index contributed by atoms with van der Waals surface area (Å²) in [5.74, 6) is -0.110. The van der Waals surface area contributed by atoms with E-state index in [-0.39, 0.29) is 6.10 Å². The van der Waals surface area contributed by atoms with Gasteiger partial charge in [-0.2, -0.15) is 0 Å². The van der Waals surface area contributed by atoms with Crippen molar-refractivity contribution in [1.82, 2.24) is 4.90 Å². The Morgan fingerprint density at radius 2 is 2.21 bits per heavy atom. The second-order valence-corrected chi connectivity index (χ2v) is 6.44. The van der Waals surface area contributed by atoms with Crippen LogP contribution in [0.5, 0.6) is 0 Å². The van der Waals surface area contributed by atoms with Crippen LogP contribution >= 0.6 is 0 Å². The van der Waals surface area contributed by atoms with Gasteiger partial charge >= 0.3 is 5.97 Å². The van der Waals surface area contributed by atoms with E-state index in [1.807, 2.05) is 20.9 Å².